The third kappa shape index (κ3) is 6.28. The van der Waals surface area contributed by atoms with E-state index in [0.717, 1.165) is 17.7 Å². The quantitative estimate of drug-likeness (QED) is 0.527. The minimum absolute atomic E-state index is 0.00329. The second-order valence-electron chi connectivity index (χ2n) is 9.61. The maximum Gasteiger partial charge on any atom is 0.410 e. The molecule has 0 radical (unpaired) electrons. The number of nitrogens with zero attached hydrogens (tertiary/aromatic N) is 2. The number of pyridine rings is 1. The zero-order valence-corrected chi connectivity index (χ0v) is 20.2. The van der Waals surface area contributed by atoms with Gasteiger partial charge in [0.2, 0.25) is 0 Å². The van der Waals surface area contributed by atoms with Gasteiger partial charge in [0.25, 0.3) is 0 Å². The summed E-state index contributed by atoms with van der Waals surface area (Å²) in [5.41, 5.74) is 1.85. The Bertz CT molecular complexity index is 879. The Morgan fingerprint density at radius 3 is 2.52 bits per heavy atom. The molecule has 2 atom stereocenters. The molecule has 1 saturated heterocycles. The van der Waals surface area contributed by atoms with Crippen molar-refractivity contribution in [2.45, 2.75) is 64.1 Å². The van der Waals surface area contributed by atoms with Crippen LogP contribution < -0.4 is 0 Å². The van der Waals surface area contributed by atoms with Crippen LogP contribution in [0.1, 0.15) is 38.4 Å². The molecule has 0 N–H and O–H groups in total. The molecule has 0 aliphatic carbocycles. The number of carbonyl (C=O) groups excluding carboxylic acids is 1. The molecule has 166 valence electrons. The van der Waals surface area contributed by atoms with Gasteiger partial charge in [-0.25, -0.2) is 4.79 Å². The summed E-state index contributed by atoms with van der Waals surface area (Å²) in [6.07, 6.45) is 6.24. The predicted octanol–water partition coefficient (Wildman–Crippen LogP) is 5.90. The summed E-state index contributed by atoms with van der Waals surface area (Å²) in [6.45, 7) is 12.0. The second-order valence-corrected chi connectivity index (χ2v) is 14.4. The Morgan fingerprint density at radius 2 is 1.87 bits per heavy atom. The van der Waals surface area contributed by atoms with Gasteiger partial charge in [0.1, 0.15) is 6.61 Å². The molecule has 31 heavy (non-hydrogen) atoms. The molecule has 0 unspecified atom stereocenters. The van der Waals surface area contributed by atoms with E-state index in [0.29, 0.717) is 6.54 Å². The van der Waals surface area contributed by atoms with Crippen LogP contribution in [0.3, 0.4) is 0 Å². The second kappa shape index (κ2) is 9.79. The Morgan fingerprint density at radius 1 is 1.16 bits per heavy atom. The van der Waals surface area contributed by atoms with E-state index >= 15 is 0 Å². The van der Waals surface area contributed by atoms with Gasteiger partial charge in [-0.3, -0.25) is 9.88 Å². The van der Waals surface area contributed by atoms with Crippen LogP contribution >= 0.6 is 0 Å². The molecule has 1 amide bonds. The number of benzene rings is 1. The molecule has 1 aliphatic heterocycles. The van der Waals surface area contributed by atoms with Gasteiger partial charge in [-0.1, -0.05) is 63.2 Å². The number of rotatable bonds is 6. The first kappa shape index (κ1) is 23.2. The van der Waals surface area contributed by atoms with Crippen LogP contribution in [0, 0.1) is 0 Å². The number of carbonyl (C=O) groups is 1. The lowest BCUT2D eigenvalue weighted by Gasteiger charge is -2.38. The number of aromatic nitrogens is 1. The summed E-state index contributed by atoms with van der Waals surface area (Å²) in [5.74, 6) is 0. The summed E-state index contributed by atoms with van der Waals surface area (Å²) in [7, 11) is -1.94. The van der Waals surface area contributed by atoms with Gasteiger partial charge < -0.3 is 9.16 Å². The van der Waals surface area contributed by atoms with Crippen molar-refractivity contribution in [3.8, 4) is 0 Å². The fraction of sp³-hybridized carbons (Fsp3) is 0.440. The highest BCUT2D eigenvalue weighted by Crippen LogP contribution is 2.39. The van der Waals surface area contributed by atoms with E-state index in [1.165, 1.54) is 0 Å². The fourth-order valence-electron chi connectivity index (χ4n) is 3.38. The number of hydrogen-bond donors (Lipinski definition) is 0. The van der Waals surface area contributed by atoms with Crippen LogP contribution in [0.5, 0.6) is 0 Å². The molecule has 0 spiro atoms. The van der Waals surface area contributed by atoms with Gasteiger partial charge in [0, 0.05) is 12.7 Å². The highest BCUT2D eigenvalue weighted by molar-refractivity contribution is 6.74. The molecule has 1 aliphatic rings. The molecule has 5 nitrogen and oxygen atoms in total. The number of amides is 1. The van der Waals surface area contributed by atoms with Crippen LogP contribution in [-0.4, -0.2) is 43.0 Å². The average molecular weight is 439 g/mol. The van der Waals surface area contributed by atoms with E-state index < -0.39 is 8.32 Å². The average Bonchev–Trinajstić information content (AvgIpc) is 3.13. The Balaban J connectivity index is 1.72. The van der Waals surface area contributed by atoms with Crippen LogP contribution in [0.4, 0.5) is 4.79 Å². The van der Waals surface area contributed by atoms with E-state index in [1.54, 1.807) is 11.1 Å². The topological polar surface area (TPSA) is 51.7 Å². The van der Waals surface area contributed by atoms with Crippen molar-refractivity contribution in [3.63, 3.8) is 0 Å². The van der Waals surface area contributed by atoms with Gasteiger partial charge in [-0.15, -0.1) is 0 Å². The lowest BCUT2D eigenvalue weighted by Crippen LogP contribution is -2.44. The van der Waals surface area contributed by atoms with Crippen LogP contribution in [0.15, 0.2) is 60.8 Å². The summed E-state index contributed by atoms with van der Waals surface area (Å²) in [6, 6.07) is 15.5. The molecule has 2 heterocycles. The van der Waals surface area contributed by atoms with Crippen molar-refractivity contribution < 1.29 is 14.0 Å². The van der Waals surface area contributed by atoms with Gasteiger partial charge in [-0.2, -0.15) is 0 Å². The molecular formula is C25H34N2O3Si. The third-order valence-electron chi connectivity index (χ3n) is 6.19. The minimum atomic E-state index is -1.94. The molecular weight excluding hydrogens is 404 g/mol. The van der Waals surface area contributed by atoms with Crippen molar-refractivity contribution in [2.24, 2.45) is 0 Å². The first-order valence-electron chi connectivity index (χ1n) is 10.9. The van der Waals surface area contributed by atoms with Crippen LogP contribution in [0.2, 0.25) is 18.1 Å². The van der Waals surface area contributed by atoms with Crippen molar-refractivity contribution in [1.82, 2.24) is 9.88 Å². The lowest BCUT2D eigenvalue weighted by atomic mass is 10.1. The first-order chi connectivity index (χ1) is 14.7. The molecule has 6 heteroatoms. The monoisotopic (exact) mass is 438 g/mol. The van der Waals surface area contributed by atoms with E-state index in [-0.39, 0.29) is 29.9 Å². The smallest absolute Gasteiger partial charge is 0.410 e. The van der Waals surface area contributed by atoms with Crippen molar-refractivity contribution in [2.75, 3.05) is 6.54 Å². The summed E-state index contributed by atoms with van der Waals surface area (Å²) >= 11 is 0. The van der Waals surface area contributed by atoms with Gasteiger partial charge in [0.15, 0.2) is 8.32 Å². The van der Waals surface area contributed by atoms with E-state index in [1.807, 2.05) is 60.7 Å². The zero-order valence-electron chi connectivity index (χ0n) is 19.2. The minimum Gasteiger partial charge on any atom is -0.445 e. The van der Waals surface area contributed by atoms with Crippen molar-refractivity contribution >= 4 is 20.5 Å². The zero-order chi connectivity index (χ0) is 22.5. The molecule has 1 aromatic heterocycles. The Hall–Kier alpha value is -2.44. The summed E-state index contributed by atoms with van der Waals surface area (Å²) in [4.78, 5) is 19.1. The van der Waals surface area contributed by atoms with E-state index in [9.17, 15) is 4.79 Å². The molecule has 1 aromatic carbocycles. The van der Waals surface area contributed by atoms with Crippen molar-refractivity contribution in [1.29, 1.82) is 0 Å². The number of hydrogen-bond acceptors (Lipinski definition) is 4. The Kier molecular flexibility index (Phi) is 7.33. The molecule has 3 rings (SSSR count). The largest absolute Gasteiger partial charge is 0.445 e. The van der Waals surface area contributed by atoms with E-state index in [4.69, 9.17) is 9.16 Å². The normalized spacial score (nSPS) is 19.7. The van der Waals surface area contributed by atoms with Crippen LogP contribution in [0.25, 0.3) is 6.08 Å². The molecule has 0 bridgehead atoms. The van der Waals surface area contributed by atoms with Gasteiger partial charge in [-0.05, 0) is 48.3 Å². The maximum atomic E-state index is 13.0. The lowest BCUT2D eigenvalue weighted by molar-refractivity contribution is 0.0927. The standard InChI is InChI=1S/C25H34N2O3Si/c1-25(2,3)31(4,5)30-23-17-22(15-14-21-13-9-10-16-26-21)27(18-23)24(28)29-19-20-11-7-6-8-12-20/h6-16,22-23H,17-19H2,1-5H3/t22-,23-/m1/s1. The molecule has 2 aromatic rings. The maximum absolute atomic E-state index is 13.0. The SMILES string of the molecule is CC(C)(C)[Si](C)(C)O[C@@H]1C[C@@H](C=Cc2ccccn2)N(C(=O)OCc2ccccc2)C1. The fourth-order valence-corrected chi connectivity index (χ4v) is 4.74. The van der Waals surface area contributed by atoms with E-state index in [2.05, 4.69) is 38.8 Å². The number of likely N-dealkylation sites (tertiary alicyclic amines) is 1. The van der Waals surface area contributed by atoms with Crippen LogP contribution in [-0.2, 0) is 15.8 Å². The predicted molar refractivity (Wildman–Crippen MR) is 127 cm³/mol. The summed E-state index contributed by atoms with van der Waals surface area (Å²) < 4.78 is 12.3. The highest BCUT2D eigenvalue weighted by atomic mass is 28.4. The summed E-state index contributed by atoms with van der Waals surface area (Å²) in [5, 5.41) is 0.119. The third-order valence-corrected chi connectivity index (χ3v) is 10.7. The number of ether oxygens (including phenoxy) is 1. The highest BCUT2D eigenvalue weighted by Gasteiger charge is 2.43. The molecule has 1 fully saturated rings. The van der Waals surface area contributed by atoms with Gasteiger partial charge in [0.05, 0.1) is 17.8 Å². The van der Waals surface area contributed by atoms with Crippen molar-refractivity contribution in [3.05, 3.63) is 72.1 Å². The van der Waals surface area contributed by atoms with Gasteiger partial charge >= 0.3 is 6.09 Å². The first-order valence-corrected chi connectivity index (χ1v) is 13.8. The molecule has 0 saturated carbocycles. The Labute approximate surface area is 187 Å².